The maximum atomic E-state index is 12.8. The summed E-state index contributed by atoms with van der Waals surface area (Å²) in [6, 6.07) is 5.96. The van der Waals surface area contributed by atoms with Crippen molar-refractivity contribution in [3.63, 3.8) is 0 Å². The molecule has 1 heterocycles. The van der Waals surface area contributed by atoms with Crippen LogP contribution in [0.5, 0.6) is 0 Å². The van der Waals surface area contributed by atoms with Gasteiger partial charge in [0, 0.05) is 13.1 Å². The molecule has 1 aromatic rings. The summed E-state index contributed by atoms with van der Waals surface area (Å²) in [6.07, 6.45) is 0. The lowest BCUT2D eigenvalue weighted by atomic mass is 10.0. The van der Waals surface area contributed by atoms with Crippen LogP contribution in [0, 0.1) is 5.92 Å². The molecule has 1 atom stereocenters. The van der Waals surface area contributed by atoms with Crippen LogP contribution in [0.25, 0.3) is 0 Å². The predicted octanol–water partition coefficient (Wildman–Crippen LogP) is 2.18. The van der Waals surface area contributed by atoms with Gasteiger partial charge < -0.3 is 4.90 Å². The second-order valence-electron chi connectivity index (χ2n) is 5.73. The quantitative estimate of drug-likeness (QED) is 0.783. The molecule has 1 aromatic carbocycles. The first kappa shape index (κ1) is 16.2. The molecule has 1 unspecified atom stereocenters. The molecule has 22 heavy (non-hydrogen) atoms. The van der Waals surface area contributed by atoms with E-state index in [1.165, 1.54) is 0 Å². The van der Waals surface area contributed by atoms with Crippen LogP contribution >= 0.6 is 0 Å². The number of likely N-dealkylation sites (N-methyl/N-ethyl adjacent to an activating group) is 1. The van der Waals surface area contributed by atoms with Crippen molar-refractivity contribution in [2.45, 2.75) is 33.7 Å². The van der Waals surface area contributed by atoms with Crippen molar-refractivity contribution in [3.8, 4) is 0 Å². The Morgan fingerprint density at radius 1 is 1.05 bits per heavy atom. The molecule has 118 valence electrons. The summed E-state index contributed by atoms with van der Waals surface area (Å²) in [5.41, 5.74) is 0.760. The number of rotatable bonds is 5. The van der Waals surface area contributed by atoms with E-state index in [0.29, 0.717) is 24.2 Å². The van der Waals surface area contributed by atoms with Crippen LogP contribution in [0.2, 0.25) is 0 Å². The van der Waals surface area contributed by atoms with Gasteiger partial charge in [-0.15, -0.1) is 0 Å². The number of amides is 3. The summed E-state index contributed by atoms with van der Waals surface area (Å²) < 4.78 is 0. The molecule has 0 aromatic heterocycles. The van der Waals surface area contributed by atoms with Crippen molar-refractivity contribution in [2.24, 2.45) is 5.92 Å². The number of nitrogens with zero attached hydrogens (tertiary/aromatic N) is 2. The third kappa shape index (κ3) is 2.51. The number of carbonyl (C=O) groups excluding carboxylic acids is 3. The molecular formula is C17H22N2O3. The lowest BCUT2D eigenvalue weighted by Gasteiger charge is -2.32. The van der Waals surface area contributed by atoms with Gasteiger partial charge >= 0.3 is 0 Å². The molecule has 0 bridgehead atoms. The monoisotopic (exact) mass is 302 g/mol. The molecule has 0 fully saturated rings. The zero-order chi connectivity index (χ0) is 16.4. The van der Waals surface area contributed by atoms with Crippen molar-refractivity contribution < 1.29 is 14.4 Å². The number of fused-ring (bicyclic) bond motifs is 1. The van der Waals surface area contributed by atoms with E-state index >= 15 is 0 Å². The van der Waals surface area contributed by atoms with Gasteiger partial charge in [-0.2, -0.15) is 0 Å². The summed E-state index contributed by atoms with van der Waals surface area (Å²) in [5.74, 6) is -1.07. The van der Waals surface area contributed by atoms with Gasteiger partial charge in [-0.25, -0.2) is 0 Å². The lowest BCUT2D eigenvalue weighted by molar-refractivity contribution is -0.136. The van der Waals surface area contributed by atoms with Crippen molar-refractivity contribution in [3.05, 3.63) is 35.4 Å². The van der Waals surface area contributed by atoms with Crippen LogP contribution in [0.4, 0.5) is 0 Å². The minimum atomic E-state index is -0.757. The number of hydrogen-bond acceptors (Lipinski definition) is 3. The van der Waals surface area contributed by atoms with Gasteiger partial charge in [0.1, 0.15) is 6.04 Å². The Labute approximate surface area is 130 Å². The Morgan fingerprint density at radius 3 is 1.86 bits per heavy atom. The summed E-state index contributed by atoms with van der Waals surface area (Å²) >= 11 is 0. The third-order valence-corrected chi connectivity index (χ3v) is 4.06. The maximum absolute atomic E-state index is 12.8. The Morgan fingerprint density at radius 2 is 1.50 bits per heavy atom. The zero-order valence-electron chi connectivity index (χ0n) is 13.5. The van der Waals surface area contributed by atoms with Crippen LogP contribution in [0.3, 0.4) is 0 Å². The van der Waals surface area contributed by atoms with E-state index in [4.69, 9.17) is 0 Å². The van der Waals surface area contributed by atoms with Crippen molar-refractivity contribution in [1.82, 2.24) is 9.80 Å². The highest BCUT2D eigenvalue weighted by atomic mass is 16.2. The van der Waals surface area contributed by atoms with Crippen LogP contribution in [-0.4, -0.2) is 46.7 Å². The normalized spacial score (nSPS) is 15.2. The second-order valence-corrected chi connectivity index (χ2v) is 5.73. The van der Waals surface area contributed by atoms with Gasteiger partial charge in [-0.05, 0) is 31.9 Å². The highest BCUT2D eigenvalue weighted by Gasteiger charge is 2.44. The van der Waals surface area contributed by atoms with Crippen molar-refractivity contribution in [1.29, 1.82) is 0 Å². The average molecular weight is 302 g/mol. The second kappa shape index (κ2) is 6.30. The number of benzene rings is 1. The van der Waals surface area contributed by atoms with E-state index in [2.05, 4.69) is 0 Å². The number of imide groups is 1. The largest absolute Gasteiger partial charge is 0.341 e. The van der Waals surface area contributed by atoms with Crippen LogP contribution in [-0.2, 0) is 4.79 Å². The molecule has 1 aliphatic heterocycles. The fourth-order valence-electron chi connectivity index (χ4n) is 2.88. The van der Waals surface area contributed by atoms with E-state index in [1.807, 2.05) is 27.7 Å². The summed E-state index contributed by atoms with van der Waals surface area (Å²) in [7, 11) is 0. The van der Waals surface area contributed by atoms with Gasteiger partial charge in [0.25, 0.3) is 11.8 Å². The molecule has 0 spiro atoms. The highest BCUT2D eigenvalue weighted by molar-refractivity contribution is 6.22. The molecular weight excluding hydrogens is 280 g/mol. The van der Waals surface area contributed by atoms with Crippen LogP contribution in [0.15, 0.2) is 24.3 Å². The molecule has 1 aliphatic rings. The van der Waals surface area contributed by atoms with E-state index in [0.717, 1.165) is 4.90 Å². The molecule has 0 radical (unpaired) electrons. The molecule has 3 amide bonds. The maximum Gasteiger partial charge on any atom is 0.262 e. The Kier molecular flexibility index (Phi) is 4.64. The minimum Gasteiger partial charge on any atom is -0.341 e. The fourth-order valence-corrected chi connectivity index (χ4v) is 2.88. The fraction of sp³-hybridized carbons (Fsp3) is 0.471. The van der Waals surface area contributed by atoms with Gasteiger partial charge in [-0.1, -0.05) is 26.0 Å². The lowest BCUT2D eigenvalue weighted by Crippen LogP contribution is -2.53. The van der Waals surface area contributed by atoms with E-state index in [1.54, 1.807) is 29.2 Å². The molecule has 0 saturated carbocycles. The first-order valence-corrected chi connectivity index (χ1v) is 7.69. The Balaban J connectivity index is 2.41. The van der Waals surface area contributed by atoms with Crippen LogP contribution < -0.4 is 0 Å². The molecule has 5 nitrogen and oxygen atoms in total. The molecule has 2 rings (SSSR count). The van der Waals surface area contributed by atoms with Crippen molar-refractivity contribution in [2.75, 3.05) is 13.1 Å². The van der Waals surface area contributed by atoms with Crippen LogP contribution in [0.1, 0.15) is 48.4 Å². The van der Waals surface area contributed by atoms with Gasteiger partial charge in [0.15, 0.2) is 0 Å². The Bertz CT molecular complexity index is 571. The topological polar surface area (TPSA) is 57.7 Å². The number of hydrogen-bond donors (Lipinski definition) is 0. The predicted molar refractivity (Wildman–Crippen MR) is 83.5 cm³/mol. The molecule has 0 N–H and O–H groups in total. The molecule has 0 saturated heterocycles. The van der Waals surface area contributed by atoms with E-state index < -0.39 is 6.04 Å². The first-order chi connectivity index (χ1) is 10.4. The molecule has 5 heteroatoms. The summed E-state index contributed by atoms with van der Waals surface area (Å²) in [4.78, 5) is 40.7. The van der Waals surface area contributed by atoms with E-state index in [9.17, 15) is 14.4 Å². The third-order valence-electron chi connectivity index (χ3n) is 4.06. The first-order valence-electron chi connectivity index (χ1n) is 7.69. The van der Waals surface area contributed by atoms with E-state index in [-0.39, 0.29) is 23.6 Å². The zero-order valence-corrected chi connectivity index (χ0v) is 13.5. The van der Waals surface area contributed by atoms with Gasteiger partial charge in [-0.3, -0.25) is 19.3 Å². The SMILES string of the molecule is CCN(CC)C(=O)C(C(C)C)N1C(=O)c2ccccc2C1=O. The van der Waals surface area contributed by atoms with Crippen molar-refractivity contribution >= 4 is 17.7 Å². The highest BCUT2D eigenvalue weighted by Crippen LogP contribution is 2.27. The number of carbonyl (C=O) groups is 3. The van der Waals surface area contributed by atoms with Gasteiger partial charge in [0.2, 0.25) is 5.91 Å². The van der Waals surface area contributed by atoms with Gasteiger partial charge in [0.05, 0.1) is 11.1 Å². The minimum absolute atomic E-state index is 0.143. The summed E-state index contributed by atoms with van der Waals surface area (Å²) in [6.45, 7) is 8.61. The average Bonchev–Trinajstić information content (AvgIpc) is 2.74. The molecule has 0 aliphatic carbocycles. The standard InChI is InChI=1S/C17H22N2O3/c1-5-18(6-2)17(22)14(11(3)4)19-15(20)12-9-7-8-10-13(12)16(19)21/h7-11,14H,5-6H2,1-4H3. The Hall–Kier alpha value is -2.17. The smallest absolute Gasteiger partial charge is 0.262 e. The summed E-state index contributed by atoms with van der Waals surface area (Å²) in [5, 5.41) is 0.